The second-order valence-corrected chi connectivity index (χ2v) is 6.41. The second-order valence-electron chi connectivity index (χ2n) is 5.62. The summed E-state index contributed by atoms with van der Waals surface area (Å²) in [5.74, 6) is 0.920. The van der Waals surface area contributed by atoms with E-state index in [1.165, 1.54) is 11.8 Å². The summed E-state index contributed by atoms with van der Waals surface area (Å²) in [5.41, 5.74) is 1.32. The Morgan fingerprint density at radius 1 is 1.39 bits per heavy atom. The summed E-state index contributed by atoms with van der Waals surface area (Å²) in [4.78, 5) is 25.5. The first-order valence-electron chi connectivity index (χ1n) is 7.69. The van der Waals surface area contributed by atoms with Gasteiger partial charge < -0.3 is 9.88 Å². The number of thioether (sulfide) groups is 1. The van der Waals surface area contributed by atoms with Crippen LogP contribution in [0.15, 0.2) is 23.7 Å². The number of nitrogens with one attached hydrogen (secondary N) is 1. The lowest BCUT2D eigenvalue weighted by molar-refractivity contribution is 0.0947. The fraction of sp³-hybridized carbons (Fsp3) is 0.500. The molecule has 23 heavy (non-hydrogen) atoms. The molecule has 2 aromatic heterocycles. The predicted octanol–water partition coefficient (Wildman–Crippen LogP) is 2.65. The van der Waals surface area contributed by atoms with Gasteiger partial charge in [-0.2, -0.15) is 0 Å². The molecule has 0 aromatic carbocycles. The van der Waals surface area contributed by atoms with Crippen molar-refractivity contribution in [1.82, 2.24) is 24.8 Å². The Balaban J connectivity index is 2.00. The lowest BCUT2D eigenvalue weighted by Gasteiger charge is -2.13. The maximum atomic E-state index is 12.5. The van der Waals surface area contributed by atoms with Gasteiger partial charge >= 0.3 is 0 Å². The summed E-state index contributed by atoms with van der Waals surface area (Å²) in [6.45, 7) is 7.41. The molecule has 0 aliphatic carbocycles. The molecule has 0 saturated carbocycles. The van der Waals surface area contributed by atoms with E-state index in [1.54, 1.807) is 12.5 Å². The first-order chi connectivity index (χ1) is 11.0. The molecule has 0 bridgehead atoms. The molecule has 0 aliphatic heterocycles. The van der Waals surface area contributed by atoms with E-state index in [-0.39, 0.29) is 11.8 Å². The van der Waals surface area contributed by atoms with E-state index in [9.17, 15) is 4.79 Å². The summed E-state index contributed by atoms with van der Waals surface area (Å²) < 4.78 is 1.99. The van der Waals surface area contributed by atoms with E-state index >= 15 is 0 Å². The van der Waals surface area contributed by atoms with Crippen molar-refractivity contribution in [2.45, 2.75) is 44.7 Å². The van der Waals surface area contributed by atoms with Crippen molar-refractivity contribution in [2.75, 3.05) is 12.8 Å². The van der Waals surface area contributed by atoms with Crippen LogP contribution in [0.4, 0.5) is 0 Å². The average Bonchev–Trinajstić information content (AvgIpc) is 3.03. The number of carbonyl (C=O) groups is 1. The molecule has 0 saturated heterocycles. The van der Waals surface area contributed by atoms with E-state index in [0.29, 0.717) is 12.1 Å². The highest BCUT2D eigenvalue weighted by atomic mass is 32.2. The fourth-order valence-electron chi connectivity index (χ4n) is 2.21. The zero-order chi connectivity index (χ0) is 16.8. The van der Waals surface area contributed by atoms with Crippen molar-refractivity contribution >= 4 is 17.7 Å². The van der Waals surface area contributed by atoms with Gasteiger partial charge in [0.1, 0.15) is 10.9 Å². The number of rotatable bonds is 7. The molecule has 0 fully saturated rings. The van der Waals surface area contributed by atoms with Crippen LogP contribution in [-0.4, -0.2) is 38.2 Å². The largest absolute Gasteiger partial charge is 0.352 e. The van der Waals surface area contributed by atoms with Crippen LogP contribution in [-0.2, 0) is 6.54 Å². The molecule has 1 amide bonds. The molecule has 0 unspecified atom stereocenters. The molecule has 124 valence electrons. The van der Waals surface area contributed by atoms with Crippen LogP contribution in [0.1, 0.15) is 48.1 Å². The van der Waals surface area contributed by atoms with Gasteiger partial charge in [0.05, 0.1) is 17.6 Å². The predicted molar refractivity (Wildman–Crippen MR) is 91.8 cm³/mol. The van der Waals surface area contributed by atoms with E-state index < -0.39 is 0 Å². The van der Waals surface area contributed by atoms with Crippen LogP contribution in [0.5, 0.6) is 0 Å². The van der Waals surface area contributed by atoms with Crippen LogP contribution in [0.25, 0.3) is 0 Å². The van der Waals surface area contributed by atoms with Gasteiger partial charge in [-0.3, -0.25) is 4.79 Å². The molecule has 2 aromatic rings. The zero-order valence-electron chi connectivity index (χ0n) is 14.0. The first kappa shape index (κ1) is 17.5. The van der Waals surface area contributed by atoms with Gasteiger partial charge in [-0.25, -0.2) is 15.0 Å². The van der Waals surface area contributed by atoms with Gasteiger partial charge in [-0.15, -0.1) is 11.8 Å². The van der Waals surface area contributed by atoms with Crippen LogP contribution in [0.2, 0.25) is 0 Å². The van der Waals surface area contributed by atoms with Crippen molar-refractivity contribution in [1.29, 1.82) is 0 Å². The van der Waals surface area contributed by atoms with E-state index in [4.69, 9.17) is 0 Å². The molecular weight excluding hydrogens is 310 g/mol. The van der Waals surface area contributed by atoms with Gasteiger partial charge in [0.25, 0.3) is 5.91 Å². The number of amides is 1. The van der Waals surface area contributed by atoms with Gasteiger partial charge in [0.2, 0.25) is 0 Å². The summed E-state index contributed by atoms with van der Waals surface area (Å²) in [7, 11) is 0. The monoisotopic (exact) mass is 333 g/mol. The summed E-state index contributed by atoms with van der Waals surface area (Å²) in [6, 6.07) is 0. The Labute approximate surface area is 141 Å². The average molecular weight is 333 g/mol. The number of hydrogen-bond acceptors (Lipinski definition) is 5. The molecular formula is C16H23N5OS. The Morgan fingerprint density at radius 3 is 2.78 bits per heavy atom. The summed E-state index contributed by atoms with van der Waals surface area (Å²) in [5, 5.41) is 3.70. The number of nitrogens with zero attached hydrogens (tertiary/aromatic N) is 4. The van der Waals surface area contributed by atoms with Gasteiger partial charge in [-0.1, -0.05) is 13.8 Å². The SMILES string of the molecule is CSc1nc(C(C)C)nc(C)c1C(=O)NCCCn1ccnc1. The lowest BCUT2D eigenvalue weighted by Crippen LogP contribution is -2.27. The third-order valence-electron chi connectivity index (χ3n) is 3.45. The van der Waals surface area contributed by atoms with Crippen LogP contribution >= 0.6 is 11.8 Å². The highest BCUT2D eigenvalue weighted by Gasteiger charge is 2.18. The minimum absolute atomic E-state index is 0.104. The molecule has 2 heterocycles. The Morgan fingerprint density at radius 2 is 2.17 bits per heavy atom. The van der Waals surface area contributed by atoms with Crippen molar-refractivity contribution in [3.8, 4) is 0 Å². The minimum atomic E-state index is -0.104. The van der Waals surface area contributed by atoms with Crippen molar-refractivity contribution < 1.29 is 4.79 Å². The Bertz CT molecular complexity index is 655. The van der Waals surface area contributed by atoms with Crippen LogP contribution < -0.4 is 5.32 Å². The number of imidazole rings is 1. The molecule has 0 aliphatic rings. The second kappa shape index (κ2) is 8.10. The third-order valence-corrected chi connectivity index (χ3v) is 4.13. The molecule has 0 atom stereocenters. The molecule has 6 nitrogen and oxygen atoms in total. The lowest BCUT2D eigenvalue weighted by atomic mass is 10.1. The molecule has 2 rings (SSSR count). The standard InChI is InChI=1S/C16H23N5OS/c1-11(2)14-19-12(3)13(16(20-14)23-4)15(22)18-6-5-8-21-9-7-17-10-21/h7,9-11H,5-6,8H2,1-4H3,(H,18,22). The van der Waals surface area contributed by atoms with Gasteiger partial charge in [-0.05, 0) is 19.6 Å². The minimum Gasteiger partial charge on any atom is -0.352 e. The Kier molecular flexibility index (Phi) is 6.15. The van der Waals surface area contributed by atoms with Crippen molar-refractivity contribution in [3.63, 3.8) is 0 Å². The number of aromatic nitrogens is 4. The molecule has 1 N–H and O–H groups in total. The van der Waals surface area contributed by atoms with Crippen LogP contribution in [0, 0.1) is 6.92 Å². The third kappa shape index (κ3) is 4.54. The Hall–Kier alpha value is -1.89. The summed E-state index contributed by atoms with van der Waals surface area (Å²) in [6.07, 6.45) is 8.22. The smallest absolute Gasteiger partial charge is 0.255 e. The van der Waals surface area contributed by atoms with E-state index in [0.717, 1.165) is 29.5 Å². The maximum Gasteiger partial charge on any atom is 0.255 e. The maximum absolute atomic E-state index is 12.5. The number of aryl methyl sites for hydroxylation is 2. The van der Waals surface area contributed by atoms with Gasteiger partial charge in [0, 0.05) is 31.4 Å². The quantitative estimate of drug-likeness (QED) is 0.479. The van der Waals surface area contributed by atoms with E-state index in [1.807, 2.05) is 23.9 Å². The van der Waals surface area contributed by atoms with Crippen molar-refractivity contribution in [3.05, 3.63) is 35.8 Å². The van der Waals surface area contributed by atoms with Crippen LogP contribution in [0.3, 0.4) is 0 Å². The molecule has 0 radical (unpaired) electrons. The zero-order valence-corrected chi connectivity index (χ0v) is 14.9. The fourth-order valence-corrected chi connectivity index (χ4v) is 2.84. The highest BCUT2D eigenvalue weighted by Crippen LogP contribution is 2.23. The molecule has 7 heteroatoms. The normalized spacial score (nSPS) is 11.0. The number of carbonyl (C=O) groups excluding carboxylic acids is 1. The van der Waals surface area contributed by atoms with Gasteiger partial charge in [0.15, 0.2) is 0 Å². The topological polar surface area (TPSA) is 72.7 Å². The van der Waals surface area contributed by atoms with E-state index in [2.05, 4.69) is 34.1 Å². The highest BCUT2D eigenvalue weighted by molar-refractivity contribution is 7.98. The number of hydrogen-bond donors (Lipinski definition) is 1. The summed E-state index contributed by atoms with van der Waals surface area (Å²) >= 11 is 1.48. The van der Waals surface area contributed by atoms with Crippen molar-refractivity contribution in [2.24, 2.45) is 0 Å². The molecule has 0 spiro atoms. The first-order valence-corrected chi connectivity index (χ1v) is 8.91.